The number of aromatic nitrogens is 1. The average Bonchev–Trinajstić information content (AvgIpc) is 2.59. The maximum absolute atomic E-state index is 4.24. The molecule has 0 saturated carbocycles. The van der Waals surface area contributed by atoms with E-state index in [1.54, 1.807) is 0 Å². The van der Waals surface area contributed by atoms with Crippen LogP contribution in [0.2, 0.25) is 0 Å². The van der Waals surface area contributed by atoms with Crippen molar-refractivity contribution < 1.29 is 0 Å². The molecule has 0 aliphatic carbocycles. The van der Waals surface area contributed by atoms with Crippen molar-refractivity contribution in [2.24, 2.45) is 5.92 Å². The summed E-state index contributed by atoms with van der Waals surface area (Å²) in [6.07, 6.45) is 3.01. The van der Waals surface area contributed by atoms with Crippen LogP contribution in [0.5, 0.6) is 0 Å². The predicted octanol–water partition coefficient (Wildman–Crippen LogP) is 3.64. The molecule has 1 aliphatic heterocycles. The smallest absolute Gasteiger partial charge is 0.0379 e. The molecule has 1 unspecified atom stereocenters. The zero-order chi connectivity index (χ0) is 16.9. The van der Waals surface area contributed by atoms with E-state index in [0.29, 0.717) is 5.92 Å². The van der Waals surface area contributed by atoms with E-state index in [-0.39, 0.29) is 0 Å². The lowest BCUT2D eigenvalue weighted by molar-refractivity contribution is 0.220. The molecule has 1 aliphatic rings. The average molecular weight is 321 g/mol. The Kier molecular flexibility index (Phi) is 5.31. The highest BCUT2D eigenvalue weighted by Crippen LogP contribution is 2.19. The monoisotopic (exact) mass is 321 g/mol. The fourth-order valence-corrected chi connectivity index (χ4v) is 3.35. The van der Waals surface area contributed by atoms with Crippen molar-refractivity contribution in [3.63, 3.8) is 0 Å². The third kappa shape index (κ3) is 4.24. The van der Waals surface area contributed by atoms with Gasteiger partial charge in [-0.1, -0.05) is 37.8 Å². The van der Waals surface area contributed by atoms with Crippen LogP contribution in [0, 0.1) is 12.8 Å². The van der Waals surface area contributed by atoms with E-state index in [1.807, 2.05) is 19.2 Å². The van der Waals surface area contributed by atoms with Crippen molar-refractivity contribution in [3.8, 4) is 0 Å². The Bertz CT molecular complexity index is 708. The summed E-state index contributed by atoms with van der Waals surface area (Å²) in [6, 6.07) is 12.9. The lowest BCUT2D eigenvalue weighted by atomic mass is 9.99. The molecule has 24 heavy (non-hydrogen) atoms. The highest BCUT2D eigenvalue weighted by Gasteiger charge is 2.17. The van der Waals surface area contributed by atoms with Gasteiger partial charge < -0.3 is 5.32 Å². The molecule has 0 amide bonds. The molecule has 1 atom stereocenters. The number of benzene rings is 1. The van der Waals surface area contributed by atoms with Crippen LogP contribution in [0.1, 0.15) is 29.3 Å². The van der Waals surface area contributed by atoms with Crippen LogP contribution in [0.3, 0.4) is 0 Å². The van der Waals surface area contributed by atoms with Gasteiger partial charge >= 0.3 is 0 Å². The van der Waals surface area contributed by atoms with E-state index < -0.39 is 0 Å². The van der Waals surface area contributed by atoms with Crippen molar-refractivity contribution in [2.75, 3.05) is 19.6 Å². The van der Waals surface area contributed by atoms with Gasteiger partial charge in [0, 0.05) is 49.3 Å². The molecule has 0 saturated heterocycles. The summed E-state index contributed by atoms with van der Waals surface area (Å²) >= 11 is 0. The Balaban J connectivity index is 1.48. The van der Waals surface area contributed by atoms with Crippen molar-refractivity contribution in [1.82, 2.24) is 15.2 Å². The minimum atomic E-state index is 0.579. The Labute approximate surface area is 145 Å². The summed E-state index contributed by atoms with van der Waals surface area (Å²) in [7, 11) is 0. The number of nitrogens with one attached hydrogen (secondary N) is 1. The zero-order valence-electron chi connectivity index (χ0n) is 14.8. The predicted molar refractivity (Wildman–Crippen MR) is 101 cm³/mol. The SMILES string of the molecule is C=C(NCC(C)CN1CCc2ccccc2C1)c1ccnc(C)c1. The van der Waals surface area contributed by atoms with Crippen molar-refractivity contribution in [2.45, 2.75) is 26.8 Å². The standard InChI is InChI=1S/C21H27N3/c1-16(13-23-18(3)20-8-10-22-17(2)12-20)14-24-11-9-19-6-4-5-7-21(19)15-24/h4-8,10,12,16,23H,3,9,11,13-15H2,1-2H3. The molecule has 2 aromatic rings. The van der Waals surface area contributed by atoms with Crippen molar-refractivity contribution in [3.05, 3.63) is 71.6 Å². The molecule has 1 N–H and O–H groups in total. The van der Waals surface area contributed by atoms with Crippen molar-refractivity contribution in [1.29, 1.82) is 0 Å². The van der Waals surface area contributed by atoms with E-state index in [1.165, 1.54) is 17.5 Å². The van der Waals surface area contributed by atoms with Crippen molar-refractivity contribution >= 4 is 5.70 Å². The third-order valence-electron chi connectivity index (χ3n) is 4.69. The normalized spacial score (nSPS) is 15.6. The Morgan fingerprint density at radius 3 is 2.88 bits per heavy atom. The van der Waals surface area contributed by atoms with Crippen LogP contribution < -0.4 is 5.32 Å². The van der Waals surface area contributed by atoms with Gasteiger partial charge in [0.05, 0.1) is 0 Å². The van der Waals surface area contributed by atoms with Crippen LogP contribution in [0.25, 0.3) is 5.70 Å². The summed E-state index contributed by atoms with van der Waals surface area (Å²) < 4.78 is 0. The second kappa shape index (κ2) is 7.63. The lowest BCUT2D eigenvalue weighted by Crippen LogP contribution is -2.36. The van der Waals surface area contributed by atoms with Gasteiger partial charge in [-0.15, -0.1) is 0 Å². The fourth-order valence-electron chi connectivity index (χ4n) is 3.35. The molecule has 2 heterocycles. The molecule has 3 heteroatoms. The quantitative estimate of drug-likeness (QED) is 0.880. The number of rotatable bonds is 6. The molecular weight excluding hydrogens is 294 g/mol. The number of pyridine rings is 1. The lowest BCUT2D eigenvalue weighted by Gasteiger charge is -2.31. The van der Waals surface area contributed by atoms with Gasteiger partial charge in [0.15, 0.2) is 0 Å². The van der Waals surface area contributed by atoms with Gasteiger partial charge in [-0.2, -0.15) is 0 Å². The largest absolute Gasteiger partial charge is 0.385 e. The topological polar surface area (TPSA) is 28.2 Å². The zero-order valence-corrected chi connectivity index (χ0v) is 14.8. The van der Waals surface area contributed by atoms with Gasteiger partial charge in [0.25, 0.3) is 0 Å². The number of hydrogen-bond acceptors (Lipinski definition) is 3. The van der Waals surface area contributed by atoms with Crippen LogP contribution in [0.4, 0.5) is 0 Å². The first-order valence-corrected chi connectivity index (χ1v) is 8.77. The first kappa shape index (κ1) is 16.7. The Morgan fingerprint density at radius 1 is 1.29 bits per heavy atom. The van der Waals surface area contributed by atoms with Gasteiger partial charge in [-0.3, -0.25) is 9.88 Å². The second-order valence-corrected chi connectivity index (χ2v) is 6.90. The third-order valence-corrected chi connectivity index (χ3v) is 4.69. The molecule has 0 fully saturated rings. The van der Waals surface area contributed by atoms with E-state index in [9.17, 15) is 0 Å². The molecule has 0 spiro atoms. The maximum atomic E-state index is 4.24. The number of nitrogens with zero attached hydrogens (tertiary/aromatic N) is 2. The first-order valence-electron chi connectivity index (χ1n) is 8.77. The minimum Gasteiger partial charge on any atom is -0.385 e. The molecule has 1 aromatic carbocycles. The summed E-state index contributed by atoms with van der Waals surface area (Å²) in [5, 5.41) is 3.49. The summed E-state index contributed by atoms with van der Waals surface area (Å²) in [6.45, 7) is 12.8. The summed E-state index contributed by atoms with van der Waals surface area (Å²) in [4.78, 5) is 6.80. The van der Waals surface area contributed by atoms with Gasteiger partial charge in [-0.25, -0.2) is 0 Å². The van der Waals surface area contributed by atoms with Gasteiger partial charge in [-0.05, 0) is 42.5 Å². The minimum absolute atomic E-state index is 0.579. The first-order chi connectivity index (χ1) is 11.6. The number of hydrogen-bond donors (Lipinski definition) is 1. The fraction of sp³-hybridized carbons (Fsp3) is 0.381. The molecule has 0 bridgehead atoms. The summed E-state index contributed by atoms with van der Waals surface area (Å²) in [5.74, 6) is 0.579. The Hall–Kier alpha value is -2.13. The van der Waals surface area contributed by atoms with Crippen LogP contribution in [-0.4, -0.2) is 29.5 Å². The van der Waals surface area contributed by atoms with E-state index in [2.05, 4.69) is 59.0 Å². The molecule has 3 rings (SSSR count). The highest BCUT2D eigenvalue weighted by molar-refractivity contribution is 5.61. The maximum Gasteiger partial charge on any atom is 0.0379 e. The summed E-state index contributed by atoms with van der Waals surface area (Å²) in [5.41, 5.74) is 6.13. The molecule has 1 aromatic heterocycles. The molecular formula is C21H27N3. The molecule has 3 nitrogen and oxygen atoms in total. The van der Waals surface area contributed by atoms with E-state index in [4.69, 9.17) is 0 Å². The molecule has 0 radical (unpaired) electrons. The Morgan fingerprint density at radius 2 is 2.08 bits per heavy atom. The van der Waals surface area contributed by atoms with Crippen LogP contribution >= 0.6 is 0 Å². The highest BCUT2D eigenvalue weighted by atomic mass is 15.1. The van der Waals surface area contributed by atoms with Crippen LogP contribution in [0.15, 0.2) is 49.2 Å². The second-order valence-electron chi connectivity index (χ2n) is 6.90. The van der Waals surface area contributed by atoms with E-state index in [0.717, 1.165) is 43.1 Å². The number of aryl methyl sites for hydroxylation is 1. The van der Waals surface area contributed by atoms with Crippen LogP contribution in [-0.2, 0) is 13.0 Å². The van der Waals surface area contributed by atoms with Gasteiger partial charge in [0.2, 0.25) is 0 Å². The van der Waals surface area contributed by atoms with Gasteiger partial charge in [0.1, 0.15) is 0 Å². The number of fused-ring (bicyclic) bond motifs is 1. The van der Waals surface area contributed by atoms with E-state index >= 15 is 0 Å². The molecule has 126 valence electrons.